The first kappa shape index (κ1) is 8.02. The molecule has 0 amide bonds. The smallest absolute Gasteiger partial charge is 0.00675 e. The largest absolute Gasteiger partial charge is 0.330 e. The summed E-state index contributed by atoms with van der Waals surface area (Å²) in [5.41, 5.74) is 5.39. The maximum atomic E-state index is 5.39. The van der Waals surface area contributed by atoms with Gasteiger partial charge in [0.1, 0.15) is 0 Å². The first-order chi connectivity index (χ1) is 4.93. The summed E-state index contributed by atoms with van der Waals surface area (Å²) in [4.78, 5) is 0. The van der Waals surface area contributed by atoms with Crippen molar-refractivity contribution in [1.29, 1.82) is 0 Å². The fourth-order valence-corrected chi connectivity index (χ4v) is 1.54. The van der Waals surface area contributed by atoms with Crippen molar-refractivity contribution in [2.75, 3.05) is 13.1 Å². The lowest BCUT2D eigenvalue weighted by Crippen LogP contribution is -2.21. The molecule has 0 aromatic carbocycles. The highest BCUT2D eigenvalue weighted by atomic mass is 14.9. The second-order valence-electron chi connectivity index (χ2n) is 3.08. The van der Waals surface area contributed by atoms with Crippen LogP contribution in [0.2, 0.25) is 0 Å². The van der Waals surface area contributed by atoms with Gasteiger partial charge in [-0.05, 0) is 38.8 Å². The van der Waals surface area contributed by atoms with E-state index in [1.807, 2.05) is 0 Å². The molecule has 0 unspecified atom stereocenters. The number of hydrogen-bond acceptors (Lipinski definition) is 2. The third-order valence-corrected chi connectivity index (χ3v) is 2.17. The van der Waals surface area contributed by atoms with Gasteiger partial charge < -0.3 is 11.1 Å². The number of hydrogen-bond donors (Lipinski definition) is 2. The van der Waals surface area contributed by atoms with Crippen molar-refractivity contribution >= 4 is 0 Å². The average Bonchev–Trinajstić information content (AvgIpc) is 2.41. The van der Waals surface area contributed by atoms with E-state index in [2.05, 4.69) is 5.32 Å². The second kappa shape index (κ2) is 4.69. The maximum absolute atomic E-state index is 5.39. The summed E-state index contributed by atoms with van der Waals surface area (Å²) in [6, 6.07) is 0.812. The number of nitrogens with one attached hydrogen (secondary N) is 1. The van der Waals surface area contributed by atoms with Crippen LogP contribution in [-0.4, -0.2) is 19.1 Å². The van der Waals surface area contributed by atoms with Crippen LogP contribution in [0.3, 0.4) is 0 Å². The molecule has 0 aromatic heterocycles. The van der Waals surface area contributed by atoms with Gasteiger partial charge in [-0.3, -0.25) is 0 Å². The van der Waals surface area contributed by atoms with Crippen molar-refractivity contribution in [2.24, 2.45) is 5.73 Å². The van der Waals surface area contributed by atoms with Crippen molar-refractivity contribution in [3.05, 3.63) is 0 Å². The highest BCUT2D eigenvalue weighted by Crippen LogP contribution is 2.11. The minimum atomic E-state index is 0.812. The summed E-state index contributed by atoms with van der Waals surface area (Å²) in [5.74, 6) is 0. The topological polar surface area (TPSA) is 38.0 Å². The molecule has 2 heteroatoms. The van der Waals surface area contributed by atoms with Gasteiger partial charge in [0.05, 0.1) is 0 Å². The average molecular weight is 142 g/mol. The molecule has 1 heterocycles. The first-order valence-corrected chi connectivity index (χ1v) is 4.37. The van der Waals surface area contributed by atoms with E-state index < -0.39 is 0 Å². The number of nitrogens with two attached hydrogens (primary N) is 1. The number of rotatable bonds is 4. The van der Waals surface area contributed by atoms with Gasteiger partial charge in [-0.15, -0.1) is 0 Å². The molecule has 10 heavy (non-hydrogen) atoms. The normalized spacial score (nSPS) is 25.5. The Kier molecular flexibility index (Phi) is 3.76. The van der Waals surface area contributed by atoms with Crippen molar-refractivity contribution in [1.82, 2.24) is 5.32 Å². The van der Waals surface area contributed by atoms with Crippen molar-refractivity contribution < 1.29 is 0 Å². The van der Waals surface area contributed by atoms with Gasteiger partial charge in [-0.1, -0.05) is 6.42 Å². The summed E-state index contributed by atoms with van der Waals surface area (Å²) >= 11 is 0. The summed E-state index contributed by atoms with van der Waals surface area (Å²) in [6.45, 7) is 2.08. The fourth-order valence-electron chi connectivity index (χ4n) is 1.54. The Bertz CT molecular complexity index is 77.3. The van der Waals surface area contributed by atoms with Crippen LogP contribution >= 0.6 is 0 Å². The molecule has 3 N–H and O–H groups in total. The van der Waals surface area contributed by atoms with E-state index in [-0.39, 0.29) is 0 Å². The van der Waals surface area contributed by atoms with E-state index in [9.17, 15) is 0 Å². The van der Waals surface area contributed by atoms with Crippen molar-refractivity contribution in [3.8, 4) is 0 Å². The molecule has 1 atom stereocenters. The monoisotopic (exact) mass is 142 g/mol. The van der Waals surface area contributed by atoms with Gasteiger partial charge in [0.15, 0.2) is 0 Å². The molecule has 0 spiro atoms. The Hall–Kier alpha value is -0.0800. The van der Waals surface area contributed by atoms with Gasteiger partial charge in [0, 0.05) is 6.04 Å². The Balaban J connectivity index is 1.91. The Labute approximate surface area is 63.2 Å². The zero-order valence-electron chi connectivity index (χ0n) is 6.60. The van der Waals surface area contributed by atoms with Crippen LogP contribution in [-0.2, 0) is 0 Å². The van der Waals surface area contributed by atoms with E-state index in [0.29, 0.717) is 0 Å². The molecule has 0 saturated carbocycles. The highest BCUT2D eigenvalue weighted by molar-refractivity contribution is 4.73. The standard InChI is InChI=1S/C8H18N2/c9-6-2-1-4-8-5-3-7-10-8/h8,10H,1-7,9H2/t8-/m1/s1. The molecule has 0 radical (unpaired) electrons. The van der Waals surface area contributed by atoms with Crippen molar-refractivity contribution in [3.63, 3.8) is 0 Å². The van der Waals surface area contributed by atoms with Gasteiger partial charge in [-0.2, -0.15) is 0 Å². The zero-order chi connectivity index (χ0) is 7.23. The molecular formula is C8H18N2. The molecule has 1 fully saturated rings. The molecule has 1 aliphatic rings. The van der Waals surface area contributed by atoms with E-state index in [4.69, 9.17) is 5.73 Å². The zero-order valence-corrected chi connectivity index (χ0v) is 6.60. The molecular weight excluding hydrogens is 124 g/mol. The fraction of sp³-hybridized carbons (Fsp3) is 1.00. The van der Waals surface area contributed by atoms with E-state index in [1.54, 1.807) is 0 Å². The van der Waals surface area contributed by atoms with Crippen LogP contribution in [0, 0.1) is 0 Å². The molecule has 1 saturated heterocycles. The van der Waals surface area contributed by atoms with Crippen LogP contribution < -0.4 is 11.1 Å². The third-order valence-electron chi connectivity index (χ3n) is 2.17. The second-order valence-corrected chi connectivity index (χ2v) is 3.08. The minimum Gasteiger partial charge on any atom is -0.330 e. The van der Waals surface area contributed by atoms with Crippen LogP contribution in [0.4, 0.5) is 0 Å². The Morgan fingerprint density at radius 1 is 1.40 bits per heavy atom. The van der Waals surface area contributed by atoms with Crippen LogP contribution in [0.5, 0.6) is 0 Å². The maximum Gasteiger partial charge on any atom is 0.00675 e. The number of unbranched alkanes of at least 4 members (excludes halogenated alkanes) is 1. The lowest BCUT2D eigenvalue weighted by molar-refractivity contribution is 0.525. The van der Waals surface area contributed by atoms with E-state index in [0.717, 1.165) is 12.6 Å². The van der Waals surface area contributed by atoms with E-state index in [1.165, 1.54) is 38.6 Å². The molecule has 0 aromatic rings. The lowest BCUT2D eigenvalue weighted by Gasteiger charge is -2.07. The predicted molar refractivity (Wildman–Crippen MR) is 43.9 cm³/mol. The molecule has 60 valence electrons. The molecule has 1 aliphatic heterocycles. The predicted octanol–water partition coefficient (Wildman–Crippen LogP) is 0.867. The van der Waals surface area contributed by atoms with Gasteiger partial charge in [-0.25, -0.2) is 0 Å². The highest BCUT2D eigenvalue weighted by Gasteiger charge is 2.12. The first-order valence-electron chi connectivity index (χ1n) is 4.37. The third kappa shape index (κ3) is 2.67. The van der Waals surface area contributed by atoms with Crippen LogP contribution in [0.15, 0.2) is 0 Å². The summed E-state index contributed by atoms with van der Waals surface area (Å²) in [7, 11) is 0. The SMILES string of the molecule is NCCCC[C@@H]1CCCN1. The Morgan fingerprint density at radius 3 is 2.90 bits per heavy atom. The van der Waals surface area contributed by atoms with Gasteiger partial charge >= 0.3 is 0 Å². The van der Waals surface area contributed by atoms with Crippen LogP contribution in [0.25, 0.3) is 0 Å². The summed E-state index contributed by atoms with van der Waals surface area (Å²) in [6.07, 6.45) is 6.57. The summed E-state index contributed by atoms with van der Waals surface area (Å²) < 4.78 is 0. The van der Waals surface area contributed by atoms with E-state index >= 15 is 0 Å². The lowest BCUT2D eigenvalue weighted by atomic mass is 10.1. The minimum absolute atomic E-state index is 0.812. The quantitative estimate of drug-likeness (QED) is 0.571. The molecule has 2 nitrogen and oxygen atoms in total. The molecule has 1 rings (SSSR count). The van der Waals surface area contributed by atoms with Gasteiger partial charge in [0.2, 0.25) is 0 Å². The molecule has 0 aliphatic carbocycles. The van der Waals surface area contributed by atoms with Gasteiger partial charge in [0.25, 0.3) is 0 Å². The Morgan fingerprint density at radius 2 is 2.30 bits per heavy atom. The van der Waals surface area contributed by atoms with Crippen molar-refractivity contribution in [2.45, 2.75) is 38.1 Å². The van der Waals surface area contributed by atoms with Crippen LogP contribution in [0.1, 0.15) is 32.1 Å². The molecule has 0 bridgehead atoms. The summed E-state index contributed by atoms with van der Waals surface area (Å²) in [5, 5.41) is 3.47.